The first-order chi connectivity index (χ1) is 12.0. The van der Waals surface area contributed by atoms with Crippen LogP contribution in [0, 0.1) is 12.7 Å². The van der Waals surface area contributed by atoms with E-state index in [0.29, 0.717) is 18.7 Å². The molecule has 1 unspecified atom stereocenters. The number of nitrogens with one attached hydrogen (secondary N) is 2. The van der Waals surface area contributed by atoms with Crippen LogP contribution in [0.2, 0.25) is 0 Å². The van der Waals surface area contributed by atoms with E-state index in [2.05, 4.69) is 10.6 Å². The average Bonchev–Trinajstić information content (AvgIpc) is 2.60. The zero-order valence-corrected chi connectivity index (χ0v) is 14.4. The number of carbonyl (C=O) groups is 1. The first-order valence-corrected chi connectivity index (χ1v) is 8.17. The van der Waals surface area contributed by atoms with E-state index < -0.39 is 6.10 Å². The molecule has 2 rings (SSSR count). The molecule has 0 radical (unpaired) electrons. The molecule has 0 spiro atoms. The average molecular weight is 346 g/mol. The Morgan fingerprint density at radius 1 is 1.20 bits per heavy atom. The van der Waals surface area contributed by atoms with Crippen LogP contribution >= 0.6 is 0 Å². The highest BCUT2D eigenvalue weighted by atomic mass is 19.1. The molecule has 3 N–H and O–H groups in total. The lowest BCUT2D eigenvalue weighted by atomic mass is 10.1. The van der Waals surface area contributed by atoms with Crippen molar-refractivity contribution in [3.05, 3.63) is 65.0 Å². The molecule has 0 saturated heterocycles. The molecule has 6 heteroatoms. The van der Waals surface area contributed by atoms with Crippen molar-refractivity contribution < 1.29 is 19.0 Å². The molecule has 0 aromatic heterocycles. The lowest BCUT2D eigenvalue weighted by molar-refractivity contribution is 0.173. The number of aryl methyl sites for hydroxylation is 1. The molecule has 0 saturated carbocycles. The minimum absolute atomic E-state index is 0.0414. The Morgan fingerprint density at radius 3 is 2.56 bits per heavy atom. The third kappa shape index (κ3) is 5.76. The summed E-state index contributed by atoms with van der Waals surface area (Å²) in [4.78, 5) is 11.8. The molecule has 0 fully saturated rings. The maximum Gasteiger partial charge on any atom is 0.315 e. The standard InChI is InChI=1S/C19H23FN2O3/c1-3-25-18-9-4-14(10-13(18)2)11-21-19(24)22-12-17(23)15-5-7-16(20)8-6-15/h4-10,17,23H,3,11-12H2,1-2H3,(H2,21,22,24). The number of urea groups is 1. The molecule has 0 aliphatic carbocycles. The summed E-state index contributed by atoms with van der Waals surface area (Å²) >= 11 is 0. The lowest BCUT2D eigenvalue weighted by Crippen LogP contribution is -2.37. The van der Waals surface area contributed by atoms with Crippen LogP contribution in [0.25, 0.3) is 0 Å². The van der Waals surface area contributed by atoms with Crippen molar-refractivity contribution in [2.75, 3.05) is 13.2 Å². The second-order valence-electron chi connectivity index (χ2n) is 5.66. The minimum atomic E-state index is -0.890. The topological polar surface area (TPSA) is 70.6 Å². The van der Waals surface area contributed by atoms with Gasteiger partial charge in [-0.3, -0.25) is 0 Å². The van der Waals surface area contributed by atoms with Crippen molar-refractivity contribution in [3.8, 4) is 5.75 Å². The van der Waals surface area contributed by atoms with E-state index in [4.69, 9.17) is 4.74 Å². The Bertz CT molecular complexity index is 704. The molecule has 2 aromatic carbocycles. The predicted octanol–water partition coefficient (Wildman–Crippen LogP) is 3.07. The van der Waals surface area contributed by atoms with Gasteiger partial charge in [0.1, 0.15) is 11.6 Å². The van der Waals surface area contributed by atoms with Crippen LogP contribution in [0.5, 0.6) is 5.75 Å². The van der Waals surface area contributed by atoms with Gasteiger partial charge in [-0.1, -0.05) is 24.3 Å². The number of hydrogen-bond donors (Lipinski definition) is 3. The van der Waals surface area contributed by atoms with Crippen LogP contribution in [-0.2, 0) is 6.54 Å². The molecular weight excluding hydrogens is 323 g/mol. The number of ether oxygens (including phenoxy) is 1. The summed E-state index contributed by atoms with van der Waals surface area (Å²) in [7, 11) is 0. The Morgan fingerprint density at radius 2 is 1.92 bits per heavy atom. The summed E-state index contributed by atoms with van der Waals surface area (Å²) in [6, 6.07) is 10.9. The minimum Gasteiger partial charge on any atom is -0.494 e. The number of amides is 2. The van der Waals surface area contributed by atoms with Crippen LogP contribution in [0.4, 0.5) is 9.18 Å². The van der Waals surface area contributed by atoms with E-state index >= 15 is 0 Å². The summed E-state index contributed by atoms with van der Waals surface area (Å²) in [6.07, 6.45) is -0.890. The summed E-state index contributed by atoms with van der Waals surface area (Å²) in [6.45, 7) is 4.90. The first kappa shape index (κ1) is 18.7. The number of aliphatic hydroxyl groups is 1. The highest BCUT2D eigenvalue weighted by molar-refractivity contribution is 5.73. The quantitative estimate of drug-likeness (QED) is 0.722. The summed E-state index contributed by atoms with van der Waals surface area (Å²) < 4.78 is 18.3. The van der Waals surface area contributed by atoms with E-state index in [1.54, 1.807) is 0 Å². The monoisotopic (exact) mass is 346 g/mol. The smallest absolute Gasteiger partial charge is 0.315 e. The van der Waals surface area contributed by atoms with Gasteiger partial charge in [-0.25, -0.2) is 9.18 Å². The van der Waals surface area contributed by atoms with Gasteiger partial charge in [-0.2, -0.15) is 0 Å². The molecule has 1 atom stereocenters. The number of carbonyl (C=O) groups excluding carboxylic acids is 1. The SMILES string of the molecule is CCOc1ccc(CNC(=O)NCC(O)c2ccc(F)cc2)cc1C. The molecule has 0 heterocycles. The molecule has 2 amide bonds. The van der Waals surface area contributed by atoms with Crippen LogP contribution < -0.4 is 15.4 Å². The van der Waals surface area contributed by atoms with Gasteiger partial charge < -0.3 is 20.5 Å². The van der Waals surface area contributed by atoms with E-state index in [9.17, 15) is 14.3 Å². The maximum atomic E-state index is 12.9. The molecule has 0 aliphatic rings. The van der Waals surface area contributed by atoms with Crippen LogP contribution in [-0.4, -0.2) is 24.3 Å². The zero-order chi connectivity index (χ0) is 18.2. The van der Waals surface area contributed by atoms with Crippen molar-refractivity contribution in [2.45, 2.75) is 26.5 Å². The third-order valence-corrected chi connectivity index (χ3v) is 3.70. The number of benzene rings is 2. The van der Waals surface area contributed by atoms with E-state index in [-0.39, 0.29) is 18.4 Å². The van der Waals surface area contributed by atoms with E-state index in [1.807, 2.05) is 32.0 Å². The van der Waals surface area contributed by atoms with Gasteiger partial charge in [-0.15, -0.1) is 0 Å². The highest BCUT2D eigenvalue weighted by Crippen LogP contribution is 2.19. The van der Waals surface area contributed by atoms with E-state index in [0.717, 1.165) is 16.9 Å². The van der Waals surface area contributed by atoms with Gasteiger partial charge in [0.15, 0.2) is 0 Å². The van der Waals surface area contributed by atoms with Gasteiger partial charge in [0.2, 0.25) is 0 Å². The largest absolute Gasteiger partial charge is 0.494 e. The molecule has 25 heavy (non-hydrogen) atoms. The fraction of sp³-hybridized carbons (Fsp3) is 0.316. The number of aliphatic hydroxyl groups excluding tert-OH is 1. The predicted molar refractivity (Wildman–Crippen MR) is 93.9 cm³/mol. The second kappa shape index (κ2) is 9.03. The summed E-state index contributed by atoms with van der Waals surface area (Å²) in [5.74, 6) is 0.463. The third-order valence-electron chi connectivity index (χ3n) is 3.70. The van der Waals surface area contributed by atoms with E-state index in [1.165, 1.54) is 24.3 Å². The molecule has 5 nitrogen and oxygen atoms in total. The molecule has 0 bridgehead atoms. The number of halogens is 1. The number of rotatable bonds is 7. The van der Waals surface area contributed by atoms with Gasteiger partial charge in [0.05, 0.1) is 12.7 Å². The molecular formula is C19H23FN2O3. The fourth-order valence-electron chi connectivity index (χ4n) is 2.38. The van der Waals surface area contributed by atoms with Crippen LogP contribution in [0.15, 0.2) is 42.5 Å². The highest BCUT2D eigenvalue weighted by Gasteiger charge is 2.09. The van der Waals surface area contributed by atoms with Crippen molar-refractivity contribution >= 4 is 6.03 Å². The molecule has 2 aromatic rings. The zero-order valence-electron chi connectivity index (χ0n) is 14.4. The fourth-order valence-corrected chi connectivity index (χ4v) is 2.38. The number of hydrogen-bond acceptors (Lipinski definition) is 3. The normalized spacial score (nSPS) is 11.7. The Hall–Kier alpha value is -2.60. The van der Waals surface area contributed by atoms with Crippen LogP contribution in [0.1, 0.15) is 29.7 Å². The van der Waals surface area contributed by atoms with Crippen molar-refractivity contribution in [3.63, 3.8) is 0 Å². The van der Waals surface area contributed by atoms with Crippen molar-refractivity contribution in [1.82, 2.24) is 10.6 Å². The summed E-state index contributed by atoms with van der Waals surface area (Å²) in [5.41, 5.74) is 2.51. The Balaban J connectivity index is 1.78. The maximum absolute atomic E-state index is 12.9. The summed E-state index contributed by atoms with van der Waals surface area (Å²) in [5, 5.41) is 15.3. The van der Waals surface area contributed by atoms with Gasteiger partial charge in [-0.05, 0) is 48.7 Å². The second-order valence-corrected chi connectivity index (χ2v) is 5.66. The molecule has 0 aliphatic heterocycles. The van der Waals surface area contributed by atoms with Crippen molar-refractivity contribution in [1.29, 1.82) is 0 Å². The first-order valence-electron chi connectivity index (χ1n) is 8.17. The van der Waals surface area contributed by atoms with Gasteiger partial charge >= 0.3 is 6.03 Å². The van der Waals surface area contributed by atoms with Gasteiger partial charge in [0, 0.05) is 13.1 Å². The van der Waals surface area contributed by atoms with Crippen LogP contribution in [0.3, 0.4) is 0 Å². The molecule has 134 valence electrons. The van der Waals surface area contributed by atoms with Gasteiger partial charge in [0.25, 0.3) is 0 Å². The van der Waals surface area contributed by atoms with Crippen molar-refractivity contribution in [2.24, 2.45) is 0 Å². The Labute approximate surface area is 146 Å². The Kier molecular flexibility index (Phi) is 6.77. The lowest BCUT2D eigenvalue weighted by Gasteiger charge is -2.13.